The Bertz CT molecular complexity index is 800. The lowest BCUT2D eigenvalue weighted by Crippen LogP contribution is -2.47. The maximum absolute atomic E-state index is 13.1. The molecule has 1 heterocycles. The topological polar surface area (TPSA) is 32.8 Å². The van der Waals surface area contributed by atoms with Crippen LogP contribution in [0.5, 0.6) is 5.75 Å². The van der Waals surface area contributed by atoms with Crippen LogP contribution in [0, 0.1) is 0 Å². The van der Waals surface area contributed by atoms with Gasteiger partial charge in [-0.15, -0.1) is 0 Å². The zero-order valence-electron chi connectivity index (χ0n) is 20.0. The van der Waals surface area contributed by atoms with Crippen molar-refractivity contribution in [2.75, 3.05) is 44.7 Å². The summed E-state index contributed by atoms with van der Waals surface area (Å²) in [5.74, 6) is 1.38. The number of carbonyl (C=O) groups excluding carboxylic acids is 1. The van der Waals surface area contributed by atoms with Crippen LogP contribution in [-0.4, -0.2) is 50.5 Å². The van der Waals surface area contributed by atoms with Gasteiger partial charge < -0.3 is 9.64 Å². The van der Waals surface area contributed by atoms with Crippen LogP contribution in [0.25, 0.3) is 0 Å². The number of unbranched alkanes of at least 4 members (excludes halogenated alkanes) is 4. The quantitative estimate of drug-likeness (QED) is 0.365. The number of nitrogens with zero attached hydrogens (tertiary/aromatic N) is 2. The number of ketones is 1. The van der Waals surface area contributed by atoms with Crippen molar-refractivity contribution in [3.05, 3.63) is 60.2 Å². The number of methoxy groups -OCH3 is 1. The highest BCUT2D eigenvalue weighted by molar-refractivity contribution is 5.85. The lowest BCUT2D eigenvalue weighted by molar-refractivity contribution is -0.120. The van der Waals surface area contributed by atoms with Gasteiger partial charge in [0, 0.05) is 38.5 Å². The van der Waals surface area contributed by atoms with Gasteiger partial charge in [-0.05, 0) is 37.1 Å². The van der Waals surface area contributed by atoms with Crippen molar-refractivity contribution < 1.29 is 9.53 Å². The van der Waals surface area contributed by atoms with Crippen molar-refractivity contribution in [1.29, 1.82) is 0 Å². The van der Waals surface area contributed by atoms with Gasteiger partial charge in [0.15, 0.2) is 0 Å². The lowest BCUT2D eigenvalue weighted by Gasteiger charge is -2.37. The van der Waals surface area contributed by atoms with E-state index in [4.69, 9.17) is 4.74 Å². The summed E-state index contributed by atoms with van der Waals surface area (Å²) in [6.45, 7) is 7.21. The standard InChI is InChI=1S/C28H40N2O2/c1-3-4-5-6-10-16-27(31)25(24-13-8-7-9-14-24)18-19-29-20-22-30(23-21-29)26-15-11-12-17-28(26)32-2/h7-9,11-15,17,25H,3-6,10,16,18-23H2,1-2H3. The summed E-state index contributed by atoms with van der Waals surface area (Å²) in [4.78, 5) is 18.0. The highest BCUT2D eigenvalue weighted by atomic mass is 16.5. The van der Waals surface area contributed by atoms with Crippen molar-refractivity contribution in [3.63, 3.8) is 0 Å². The van der Waals surface area contributed by atoms with Crippen molar-refractivity contribution in [3.8, 4) is 5.75 Å². The molecule has 2 aromatic rings. The Morgan fingerprint density at radius 3 is 2.31 bits per heavy atom. The van der Waals surface area contributed by atoms with Gasteiger partial charge in [-0.2, -0.15) is 0 Å². The summed E-state index contributed by atoms with van der Waals surface area (Å²) in [6.07, 6.45) is 7.58. The lowest BCUT2D eigenvalue weighted by atomic mass is 9.88. The molecule has 4 nitrogen and oxygen atoms in total. The van der Waals surface area contributed by atoms with Gasteiger partial charge in [0.25, 0.3) is 0 Å². The molecule has 1 aliphatic rings. The predicted octanol–water partition coefficient (Wildman–Crippen LogP) is 5.92. The number of carbonyl (C=O) groups is 1. The molecule has 1 fully saturated rings. The SMILES string of the molecule is CCCCCCCC(=O)C(CCN1CCN(c2ccccc2OC)CC1)c1ccccc1. The molecule has 0 N–H and O–H groups in total. The van der Waals surface area contributed by atoms with E-state index in [9.17, 15) is 4.79 Å². The Labute approximate surface area is 194 Å². The van der Waals surface area contributed by atoms with E-state index < -0.39 is 0 Å². The van der Waals surface area contributed by atoms with Crippen molar-refractivity contribution >= 4 is 11.5 Å². The van der Waals surface area contributed by atoms with E-state index in [1.165, 1.54) is 36.9 Å². The minimum atomic E-state index is 0.0228. The number of benzene rings is 2. The average Bonchev–Trinajstić information content (AvgIpc) is 2.85. The first-order chi connectivity index (χ1) is 15.7. The second-order valence-electron chi connectivity index (χ2n) is 8.88. The Morgan fingerprint density at radius 1 is 0.906 bits per heavy atom. The zero-order valence-corrected chi connectivity index (χ0v) is 20.0. The molecule has 0 aliphatic carbocycles. The molecule has 1 aliphatic heterocycles. The predicted molar refractivity (Wildman–Crippen MR) is 134 cm³/mol. The fourth-order valence-electron chi connectivity index (χ4n) is 4.69. The first-order valence-electron chi connectivity index (χ1n) is 12.4. The van der Waals surface area contributed by atoms with E-state index in [0.717, 1.165) is 51.3 Å². The third-order valence-corrected chi connectivity index (χ3v) is 6.65. The molecule has 4 heteroatoms. The minimum absolute atomic E-state index is 0.0228. The molecule has 1 unspecified atom stereocenters. The van der Waals surface area contributed by atoms with Gasteiger partial charge in [0.1, 0.15) is 11.5 Å². The van der Waals surface area contributed by atoms with Crippen LogP contribution in [0.15, 0.2) is 54.6 Å². The molecule has 1 atom stereocenters. The summed E-state index contributed by atoms with van der Waals surface area (Å²) in [7, 11) is 1.74. The van der Waals surface area contributed by atoms with E-state index in [2.05, 4.69) is 53.1 Å². The maximum Gasteiger partial charge on any atom is 0.142 e. The van der Waals surface area contributed by atoms with Crippen LogP contribution in [0.4, 0.5) is 5.69 Å². The molecule has 0 radical (unpaired) electrons. The van der Waals surface area contributed by atoms with Gasteiger partial charge >= 0.3 is 0 Å². The molecule has 0 saturated carbocycles. The van der Waals surface area contributed by atoms with Crippen molar-refractivity contribution in [2.24, 2.45) is 0 Å². The summed E-state index contributed by atoms with van der Waals surface area (Å²) in [6, 6.07) is 18.7. The number of Topliss-reactive ketones (excluding diaryl/α,β-unsaturated/α-hetero) is 1. The van der Waals surface area contributed by atoms with E-state index >= 15 is 0 Å². The fourth-order valence-corrected chi connectivity index (χ4v) is 4.69. The summed E-state index contributed by atoms with van der Waals surface area (Å²) >= 11 is 0. The fraction of sp³-hybridized carbons (Fsp3) is 0.536. The Balaban J connectivity index is 1.52. The van der Waals surface area contributed by atoms with Crippen LogP contribution in [0.3, 0.4) is 0 Å². The molecule has 2 aromatic carbocycles. The third-order valence-electron chi connectivity index (χ3n) is 6.65. The van der Waals surface area contributed by atoms with Gasteiger partial charge in [0.2, 0.25) is 0 Å². The number of ether oxygens (including phenoxy) is 1. The maximum atomic E-state index is 13.1. The normalized spacial score (nSPS) is 15.5. The smallest absolute Gasteiger partial charge is 0.142 e. The van der Waals surface area contributed by atoms with E-state index in [1.807, 2.05) is 18.2 Å². The minimum Gasteiger partial charge on any atom is -0.495 e. The number of rotatable bonds is 13. The molecule has 0 aromatic heterocycles. The molecule has 0 bridgehead atoms. The number of para-hydroxylation sites is 2. The molecule has 0 amide bonds. The number of anilines is 1. The number of piperazine rings is 1. The van der Waals surface area contributed by atoms with Gasteiger partial charge in [-0.25, -0.2) is 0 Å². The first-order valence-corrected chi connectivity index (χ1v) is 12.4. The van der Waals surface area contributed by atoms with Crippen LogP contribution < -0.4 is 9.64 Å². The van der Waals surface area contributed by atoms with Crippen LogP contribution in [0.1, 0.15) is 63.4 Å². The molecule has 3 rings (SSSR count). The van der Waals surface area contributed by atoms with E-state index in [-0.39, 0.29) is 5.92 Å². The summed E-state index contributed by atoms with van der Waals surface area (Å²) in [5.41, 5.74) is 2.36. The number of hydrogen-bond donors (Lipinski definition) is 0. The molecular formula is C28H40N2O2. The van der Waals surface area contributed by atoms with Crippen LogP contribution in [-0.2, 0) is 4.79 Å². The highest BCUT2D eigenvalue weighted by Gasteiger charge is 2.23. The first kappa shape index (κ1) is 24.3. The van der Waals surface area contributed by atoms with Gasteiger partial charge in [-0.1, -0.05) is 75.1 Å². The van der Waals surface area contributed by atoms with Crippen molar-refractivity contribution in [2.45, 2.75) is 57.8 Å². The van der Waals surface area contributed by atoms with E-state index in [1.54, 1.807) is 7.11 Å². The Hall–Kier alpha value is -2.33. The molecule has 1 saturated heterocycles. The Morgan fingerprint density at radius 2 is 1.59 bits per heavy atom. The summed E-state index contributed by atoms with van der Waals surface area (Å²) in [5, 5.41) is 0. The number of hydrogen-bond acceptors (Lipinski definition) is 4. The molecule has 32 heavy (non-hydrogen) atoms. The largest absolute Gasteiger partial charge is 0.495 e. The molecular weight excluding hydrogens is 396 g/mol. The monoisotopic (exact) mass is 436 g/mol. The molecule has 0 spiro atoms. The summed E-state index contributed by atoms with van der Waals surface area (Å²) < 4.78 is 5.54. The van der Waals surface area contributed by atoms with Crippen molar-refractivity contribution in [1.82, 2.24) is 4.90 Å². The highest BCUT2D eigenvalue weighted by Crippen LogP contribution is 2.29. The second kappa shape index (κ2) is 13.3. The van der Waals surface area contributed by atoms with E-state index in [0.29, 0.717) is 12.2 Å². The van der Waals surface area contributed by atoms with Crippen LogP contribution >= 0.6 is 0 Å². The third kappa shape index (κ3) is 7.09. The second-order valence-corrected chi connectivity index (χ2v) is 8.88. The van der Waals surface area contributed by atoms with Gasteiger partial charge in [-0.3, -0.25) is 9.69 Å². The zero-order chi connectivity index (χ0) is 22.6. The van der Waals surface area contributed by atoms with Crippen LogP contribution in [0.2, 0.25) is 0 Å². The average molecular weight is 437 g/mol. The van der Waals surface area contributed by atoms with Gasteiger partial charge in [0.05, 0.1) is 12.8 Å². The molecule has 174 valence electrons. The Kier molecular flexibility index (Phi) is 10.1.